The maximum atomic E-state index is 5.98. The lowest BCUT2D eigenvalue weighted by atomic mass is 10.2. The minimum atomic E-state index is 0.462. The molecule has 0 aliphatic heterocycles. The quantitative estimate of drug-likeness (QED) is 0.535. The molecule has 1 heterocycles. The Morgan fingerprint density at radius 1 is 1.35 bits per heavy atom. The fourth-order valence-electron chi connectivity index (χ4n) is 1.93. The number of hydrogen-bond donors (Lipinski definition) is 0. The van der Waals surface area contributed by atoms with Crippen molar-refractivity contribution in [1.82, 2.24) is 4.98 Å². The Kier molecular flexibility index (Phi) is 6.35. The van der Waals surface area contributed by atoms with Crippen molar-refractivity contribution < 1.29 is 0 Å². The molecular weight excluding hydrogens is 232 g/mol. The molecule has 0 saturated heterocycles. The Morgan fingerprint density at radius 3 is 2.71 bits per heavy atom. The number of anilines is 1. The van der Waals surface area contributed by atoms with E-state index in [4.69, 9.17) is 11.6 Å². The van der Waals surface area contributed by atoms with E-state index in [1.165, 1.54) is 19.3 Å². The molecule has 0 aliphatic rings. The maximum Gasteiger partial charge on any atom is 0.133 e. The SMILES string of the molecule is CCCCCN(c1ncccc1CCl)C(C)C. The van der Waals surface area contributed by atoms with Crippen LogP contribution in [0.25, 0.3) is 0 Å². The number of pyridine rings is 1. The largest absolute Gasteiger partial charge is 0.354 e. The first-order valence-electron chi connectivity index (χ1n) is 6.47. The van der Waals surface area contributed by atoms with Gasteiger partial charge in [-0.3, -0.25) is 0 Å². The van der Waals surface area contributed by atoms with Crippen molar-refractivity contribution in [3.05, 3.63) is 23.9 Å². The summed E-state index contributed by atoms with van der Waals surface area (Å²) in [5.74, 6) is 1.58. The second kappa shape index (κ2) is 7.54. The number of unbranched alkanes of at least 4 members (excludes halogenated alkanes) is 2. The summed E-state index contributed by atoms with van der Waals surface area (Å²) >= 11 is 5.98. The van der Waals surface area contributed by atoms with E-state index in [1.54, 1.807) is 0 Å². The van der Waals surface area contributed by atoms with Crippen LogP contribution in [0.5, 0.6) is 0 Å². The Hall–Kier alpha value is -0.760. The van der Waals surface area contributed by atoms with Gasteiger partial charge in [0.05, 0.1) is 5.88 Å². The molecule has 0 unspecified atom stereocenters. The lowest BCUT2D eigenvalue weighted by Gasteiger charge is -2.29. The van der Waals surface area contributed by atoms with Gasteiger partial charge in [-0.25, -0.2) is 4.98 Å². The Labute approximate surface area is 110 Å². The standard InChI is InChI=1S/C14H23ClN2/c1-4-5-6-10-17(12(2)3)14-13(11-15)8-7-9-16-14/h7-9,12H,4-6,10-11H2,1-3H3. The van der Waals surface area contributed by atoms with E-state index < -0.39 is 0 Å². The molecule has 1 rings (SSSR count). The molecule has 0 fully saturated rings. The number of nitrogens with zero attached hydrogens (tertiary/aromatic N) is 2. The van der Waals surface area contributed by atoms with Gasteiger partial charge in [0, 0.05) is 24.3 Å². The fraction of sp³-hybridized carbons (Fsp3) is 0.643. The summed E-state index contributed by atoms with van der Waals surface area (Å²) in [5, 5.41) is 0. The third-order valence-electron chi connectivity index (χ3n) is 2.91. The van der Waals surface area contributed by atoms with Crippen LogP contribution in [0.2, 0.25) is 0 Å². The summed E-state index contributed by atoms with van der Waals surface area (Å²) in [6.45, 7) is 7.70. The highest BCUT2D eigenvalue weighted by atomic mass is 35.5. The predicted molar refractivity (Wildman–Crippen MR) is 75.8 cm³/mol. The van der Waals surface area contributed by atoms with Crippen LogP contribution in [0.3, 0.4) is 0 Å². The van der Waals surface area contributed by atoms with Crippen molar-refractivity contribution in [3.63, 3.8) is 0 Å². The Morgan fingerprint density at radius 2 is 2.12 bits per heavy atom. The number of halogens is 1. The van der Waals surface area contributed by atoms with Crippen LogP contribution in [0.15, 0.2) is 18.3 Å². The zero-order chi connectivity index (χ0) is 12.7. The van der Waals surface area contributed by atoms with Gasteiger partial charge in [-0.05, 0) is 26.3 Å². The molecule has 17 heavy (non-hydrogen) atoms. The van der Waals surface area contributed by atoms with Gasteiger partial charge >= 0.3 is 0 Å². The average Bonchev–Trinajstić information content (AvgIpc) is 2.34. The summed E-state index contributed by atoms with van der Waals surface area (Å²) in [7, 11) is 0. The highest BCUT2D eigenvalue weighted by molar-refractivity contribution is 6.17. The van der Waals surface area contributed by atoms with Crippen LogP contribution in [-0.2, 0) is 5.88 Å². The van der Waals surface area contributed by atoms with Crippen molar-refractivity contribution in [2.75, 3.05) is 11.4 Å². The third kappa shape index (κ3) is 4.19. The number of alkyl halides is 1. The zero-order valence-corrected chi connectivity index (χ0v) is 11.9. The normalized spacial score (nSPS) is 10.9. The molecule has 0 atom stereocenters. The van der Waals surface area contributed by atoms with E-state index in [1.807, 2.05) is 12.3 Å². The molecule has 2 nitrogen and oxygen atoms in total. The topological polar surface area (TPSA) is 16.1 Å². The summed E-state index contributed by atoms with van der Waals surface area (Å²) in [5.41, 5.74) is 1.12. The molecule has 3 heteroatoms. The maximum absolute atomic E-state index is 5.98. The second-order valence-corrected chi connectivity index (χ2v) is 4.88. The fourth-order valence-corrected chi connectivity index (χ4v) is 2.14. The molecule has 0 bridgehead atoms. The van der Waals surface area contributed by atoms with Gasteiger partial charge in [0.2, 0.25) is 0 Å². The van der Waals surface area contributed by atoms with E-state index >= 15 is 0 Å². The van der Waals surface area contributed by atoms with Crippen molar-refractivity contribution in [2.24, 2.45) is 0 Å². The van der Waals surface area contributed by atoms with Gasteiger partial charge in [0.1, 0.15) is 5.82 Å². The monoisotopic (exact) mass is 254 g/mol. The molecule has 0 amide bonds. The van der Waals surface area contributed by atoms with E-state index in [2.05, 4.69) is 36.7 Å². The summed E-state index contributed by atoms with van der Waals surface area (Å²) in [4.78, 5) is 6.85. The molecule has 1 aromatic heterocycles. The summed E-state index contributed by atoms with van der Waals surface area (Å²) in [6.07, 6.45) is 5.58. The Balaban J connectivity index is 2.81. The summed E-state index contributed by atoms with van der Waals surface area (Å²) in [6, 6.07) is 4.47. The van der Waals surface area contributed by atoms with E-state index in [9.17, 15) is 0 Å². The molecule has 1 aromatic rings. The third-order valence-corrected chi connectivity index (χ3v) is 3.20. The number of aromatic nitrogens is 1. The number of hydrogen-bond acceptors (Lipinski definition) is 2. The minimum absolute atomic E-state index is 0.462. The van der Waals surface area contributed by atoms with Crippen molar-refractivity contribution in [2.45, 2.75) is 52.0 Å². The van der Waals surface area contributed by atoms with Gasteiger partial charge in [0.15, 0.2) is 0 Å². The zero-order valence-electron chi connectivity index (χ0n) is 11.1. The van der Waals surface area contributed by atoms with Crippen LogP contribution in [0.1, 0.15) is 45.6 Å². The molecule has 0 N–H and O–H groups in total. The van der Waals surface area contributed by atoms with Gasteiger partial charge in [0.25, 0.3) is 0 Å². The first-order chi connectivity index (χ1) is 8.20. The van der Waals surface area contributed by atoms with Crippen LogP contribution < -0.4 is 4.90 Å². The van der Waals surface area contributed by atoms with Crippen LogP contribution in [0.4, 0.5) is 5.82 Å². The lowest BCUT2D eigenvalue weighted by molar-refractivity contribution is 0.618. The second-order valence-electron chi connectivity index (χ2n) is 4.61. The van der Waals surface area contributed by atoms with Crippen LogP contribution >= 0.6 is 11.6 Å². The predicted octanol–water partition coefficient (Wildman–Crippen LogP) is 4.23. The van der Waals surface area contributed by atoms with E-state index in [-0.39, 0.29) is 0 Å². The van der Waals surface area contributed by atoms with Gasteiger partial charge in [-0.2, -0.15) is 0 Å². The smallest absolute Gasteiger partial charge is 0.133 e. The van der Waals surface area contributed by atoms with Gasteiger partial charge < -0.3 is 4.90 Å². The lowest BCUT2D eigenvalue weighted by Crippen LogP contribution is -2.33. The first kappa shape index (κ1) is 14.3. The van der Waals surface area contributed by atoms with E-state index in [0.717, 1.165) is 17.9 Å². The molecule has 96 valence electrons. The molecular formula is C14H23ClN2. The highest BCUT2D eigenvalue weighted by Gasteiger charge is 2.14. The first-order valence-corrected chi connectivity index (χ1v) is 7.00. The van der Waals surface area contributed by atoms with Gasteiger partial charge in [-0.1, -0.05) is 25.8 Å². The molecule has 0 spiro atoms. The molecule has 0 saturated carbocycles. The van der Waals surface area contributed by atoms with Crippen molar-refractivity contribution in [1.29, 1.82) is 0 Å². The average molecular weight is 255 g/mol. The van der Waals surface area contributed by atoms with E-state index in [0.29, 0.717) is 11.9 Å². The number of rotatable bonds is 7. The molecule has 0 aromatic carbocycles. The van der Waals surface area contributed by atoms with Crippen molar-refractivity contribution in [3.8, 4) is 0 Å². The molecule has 0 aliphatic carbocycles. The molecule has 0 radical (unpaired) electrons. The minimum Gasteiger partial charge on any atom is -0.354 e. The van der Waals surface area contributed by atoms with Crippen LogP contribution in [-0.4, -0.2) is 17.6 Å². The summed E-state index contributed by atoms with van der Waals surface area (Å²) < 4.78 is 0. The Bertz CT molecular complexity index is 326. The van der Waals surface area contributed by atoms with Gasteiger partial charge in [-0.15, -0.1) is 11.6 Å². The van der Waals surface area contributed by atoms with Crippen LogP contribution in [0, 0.1) is 0 Å². The van der Waals surface area contributed by atoms with Crippen molar-refractivity contribution >= 4 is 17.4 Å². The highest BCUT2D eigenvalue weighted by Crippen LogP contribution is 2.21.